The molecule has 0 aliphatic carbocycles. The number of imidazole rings is 1. The van der Waals surface area contributed by atoms with Crippen LogP contribution in [0.2, 0.25) is 0 Å². The Morgan fingerprint density at radius 1 is 0.843 bits per heavy atom. The van der Waals surface area contributed by atoms with Gasteiger partial charge in [0.25, 0.3) is 5.92 Å². The van der Waals surface area contributed by atoms with Crippen LogP contribution in [0.3, 0.4) is 0 Å². The van der Waals surface area contributed by atoms with E-state index in [2.05, 4.69) is 24.8 Å². The van der Waals surface area contributed by atoms with E-state index < -0.39 is 30.2 Å². The maximum Gasteiger partial charge on any atom is 0.354 e. The minimum absolute atomic E-state index is 0.0152. The van der Waals surface area contributed by atoms with E-state index in [-0.39, 0.29) is 35.1 Å². The number of aromatic nitrogens is 5. The molecule has 3 saturated heterocycles. The van der Waals surface area contributed by atoms with E-state index in [0.29, 0.717) is 29.8 Å². The number of alkyl halides is 2. The molecule has 8 rings (SSSR count). The lowest BCUT2D eigenvalue weighted by molar-refractivity contribution is -0.117. The van der Waals surface area contributed by atoms with Crippen LogP contribution in [-0.4, -0.2) is 102 Å². The largest absolute Gasteiger partial charge is 0.477 e. The molecule has 0 radical (unpaired) electrons. The summed E-state index contributed by atoms with van der Waals surface area (Å²) < 4.78 is 40.7. The highest BCUT2D eigenvalue weighted by atomic mass is 19.3. The van der Waals surface area contributed by atoms with Crippen molar-refractivity contribution >= 4 is 28.6 Å². The fraction of sp³-hybridized carbons (Fsp3) is 0.361. The highest BCUT2D eigenvalue weighted by Gasteiger charge is 2.49. The lowest BCUT2D eigenvalue weighted by Gasteiger charge is -2.50. The van der Waals surface area contributed by atoms with Gasteiger partial charge in [-0.2, -0.15) is 0 Å². The van der Waals surface area contributed by atoms with Crippen molar-refractivity contribution in [2.45, 2.75) is 43.3 Å². The third-order valence-corrected chi connectivity index (χ3v) is 10.4. The fourth-order valence-electron chi connectivity index (χ4n) is 7.67. The summed E-state index contributed by atoms with van der Waals surface area (Å²) in [5.41, 5.74) is 7.20. The maximum atomic E-state index is 16.2. The summed E-state index contributed by atoms with van der Waals surface area (Å²) in [6, 6.07) is 18.3. The smallest absolute Gasteiger partial charge is 0.354 e. The van der Waals surface area contributed by atoms with Gasteiger partial charge >= 0.3 is 11.7 Å². The van der Waals surface area contributed by atoms with E-state index in [0.717, 1.165) is 49.3 Å². The third kappa shape index (κ3) is 6.16. The minimum Gasteiger partial charge on any atom is -0.477 e. The van der Waals surface area contributed by atoms with Gasteiger partial charge in [-0.25, -0.2) is 33.3 Å². The van der Waals surface area contributed by atoms with Crippen molar-refractivity contribution in [2.75, 3.05) is 49.9 Å². The molecule has 15 heteroatoms. The van der Waals surface area contributed by atoms with Gasteiger partial charge in [0.05, 0.1) is 24.1 Å². The third-order valence-electron chi connectivity index (χ3n) is 10.4. The number of nitrogens with zero attached hydrogens (tertiary/aromatic N) is 8. The number of anilines is 2. The number of halogens is 2. The Kier molecular flexibility index (Phi) is 8.38. The van der Waals surface area contributed by atoms with E-state index in [1.807, 2.05) is 35.2 Å². The van der Waals surface area contributed by atoms with Gasteiger partial charge in [0.2, 0.25) is 0 Å². The molecule has 5 aromatic rings. The number of para-hydroxylation sites is 1. The molecule has 3 fully saturated rings. The molecule has 0 saturated carbocycles. The molecule has 6 heterocycles. The molecule has 3 aliphatic heterocycles. The van der Waals surface area contributed by atoms with Crippen LogP contribution in [0.15, 0.2) is 84.0 Å². The zero-order valence-corrected chi connectivity index (χ0v) is 27.7. The number of carboxylic acids is 1. The lowest BCUT2D eigenvalue weighted by Crippen LogP contribution is -2.62. The summed E-state index contributed by atoms with van der Waals surface area (Å²) in [6.45, 7) is 3.21. The molecule has 0 spiro atoms. The number of pyridine rings is 1. The van der Waals surface area contributed by atoms with Crippen LogP contribution < -0.4 is 21.1 Å². The van der Waals surface area contributed by atoms with Crippen molar-refractivity contribution in [3.8, 4) is 17.2 Å². The number of rotatable bonds is 8. The van der Waals surface area contributed by atoms with Crippen LogP contribution in [0.25, 0.3) is 16.9 Å². The monoisotopic (exact) mass is 697 g/mol. The van der Waals surface area contributed by atoms with E-state index in [4.69, 9.17) is 15.6 Å². The molecule has 2 aromatic carbocycles. The van der Waals surface area contributed by atoms with Crippen LogP contribution in [-0.2, 0) is 0 Å². The van der Waals surface area contributed by atoms with Crippen molar-refractivity contribution in [1.29, 1.82) is 0 Å². The number of carbonyl (C=O) groups is 1. The molecule has 0 amide bonds. The standard InChI is InChI=1S/C36H37F2N9O4/c37-36(38)21-44(23-12-15-43(16-13-23)26-19-45(20-26)25-8-11-29(34(48)49)40-18-25)17-14-30(36)47-33-31(32(39)41-22-42-33)46(35(47)50)24-6-9-28(10-7-24)51-27-4-2-1-3-5-27/h1-11,18,22-23,26,30H,12-17,19-21H2,(H,48,49)(H2,39,41,42)/t30-/m1/s1. The topological polar surface area (TPSA) is 148 Å². The first-order chi connectivity index (χ1) is 24.7. The summed E-state index contributed by atoms with van der Waals surface area (Å²) in [6.07, 6.45) is 4.41. The molecule has 3 aromatic heterocycles. The average Bonchev–Trinajstić information content (AvgIpc) is 3.41. The van der Waals surface area contributed by atoms with Crippen LogP contribution >= 0.6 is 0 Å². The predicted molar refractivity (Wildman–Crippen MR) is 186 cm³/mol. The highest BCUT2D eigenvalue weighted by Crippen LogP contribution is 2.40. The van der Waals surface area contributed by atoms with E-state index >= 15 is 8.78 Å². The van der Waals surface area contributed by atoms with Crippen LogP contribution in [0.5, 0.6) is 11.5 Å². The molecular weight excluding hydrogens is 660 g/mol. The Morgan fingerprint density at radius 2 is 1.53 bits per heavy atom. The normalized spacial score (nSPS) is 20.4. The number of hydrogen-bond acceptors (Lipinski definition) is 10. The lowest BCUT2D eigenvalue weighted by atomic mass is 9.94. The number of nitrogen functional groups attached to an aromatic ring is 1. The second-order valence-electron chi connectivity index (χ2n) is 13.4. The molecule has 0 bridgehead atoms. The van der Waals surface area contributed by atoms with Crippen LogP contribution in [0, 0.1) is 0 Å². The molecular formula is C36H37F2N9O4. The Labute approximate surface area is 291 Å². The molecule has 3 aliphatic rings. The summed E-state index contributed by atoms with van der Waals surface area (Å²) >= 11 is 0. The number of ether oxygens (including phenoxy) is 1. The van der Waals surface area contributed by atoms with Gasteiger partial charge in [-0.1, -0.05) is 18.2 Å². The Morgan fingerprint density at radius 3 is 2.20 bits per heavy atom. The van der Waals surface area contributed by atoms with Crippen LogP contribution in [0.1, 0.15) is 35.8 Å². The first-order valence-electron chi connectivity index (χ1n) is 17.0. The molecule has 51 heavy (non-hydrogen) atoms. The van der Waals surface area contributed by atoms with Gasteiger partial charge in [0, 0.05) is 44.8 Å². The second kappa shape index (κ2) is 13.0. The van der Waals surface area contributed by atoms with Gasteiger partial charge in [-0.3, -0.25) is 18.9 Å². The van der Waals surface area contributed by atoms with Gasteiger partial charge in [0.1, 0.15) is 35.1 Å². The zero-order valence-electron chi connectivity index (χ0n) is 27.7. The Hall–Kier alpha value is -5.41. The van der Waals surface area contributed by atoms with Crippen molar-refractivity contribution in [1.82, 2.24) is 33.9 Å². The van der Waals surface area contributed by atoms with E-state index in [1.165, 1.54) is 17.0 Å². The van der Waals surface area contributed by atoms with Crippen molar-refractivity contribution in [3.63, 3.8) is 0 Å². The summed E-state index contributed by atoms with van der Waals surface area (Å²) in [5.74, 6) is -3.03. The average molecular weight is 698 g/mol. The summed E-state index contributed by atoms with van der Waals surface area (Å²) in [5, 5.41) is 9.09. The highest BCUT2D eigenvalue weighted by molar-refractivity contribution is 5.85. The number of benzene rings is 2. The number of carboxylic acid groups (broad SMARTS) is 1. The molecule has 3 N–H and O–H groups in total. The van der Waals surface area contributed by atoms with Crippen molar-refractivity contribution in [3.05, 3.63) is 95.4 Å². The van der Waals surface area contributed by atoms with Crippen molar-refractivity contribution in [2.24, 2.45) is 0 Å². The van der Waals surface area contributed by atoms with Gasteiger partial charge in [-0.05, 0) is 67.8 Å². The number of likely N-dealkylation sites (tertiary alicyclic amines) is 2. The van der Waals surface area contributed by atoms with Gasteiger partial charge in [-0.15, -0.1) is 0 Å². The molecule has 0 unspecified atom stereocenters. The number of hydrogen-bond donors (Lipinski definition) is 2. The number of aromatic carboxylic acids is 1. The fourth-order valence-corrected chi connectivity index (χ4v) is 7.67. The van der Waals surface area contributed by atoms with Crippen molar-refractivity contribution < 1.29 is 23.4 Å². The second-order valence-corrected chi connectivity index (χ2v) is 13.4. The SMILES string of the molecule is Nc1ncnc2c1n(-c1ccc(Oc3ccccc3)cc1)c(=O)n2[C@@H]1CCN(C2CCN(C3CN(c4ccc(C(=O)O)nc4)C3)CC2)CC1(F)F. The first kappa shape index (κ1) is 32.8. The van der Waals surface area contributed by atoms with Gasteiger partial charge < -0.3 is 20.5 Å². The Bertz CT molecular complexity index is 2090. The summed E-state index contributed by atoms with van der Waals surface area (Å²) in [4.78, 5) is 44.0. The number of piperidine rings is 2. The molecule has 1 atom stereocenters. The van der Waals surface area contributed by atoms with E-state index in [1.54, 1.807) is 36.5 Å². The summed E-state index contributed by atoms with van der Waals surface area (Å²) in [7, 11) is 0. The van der Waals surface area contributed by atoms with E-state index in [9.17, 15) is 9.59 Å². The van der Waals surface area contributed by atoms with Gasteiger partial charge in [0.15, 0.2) is 11.5 Å². The van der Waals surface area contributed by atoms with Crippen LogP contribution in [0.4, 0.5) is 20.3 Å². The maximum absolute atomic E-state index is 16.2. The number of nitrogens with two attached hydrogens (primary N) is 1. The first-order valence-corrected chi connectivity index (χ1v) is 17.0. The quantitative estimate of drug-likeness (QED) is 0.239. The molecule has 13 nitrogen and oxygen atoms in total. The Balaban J connectivity index is 0.940. The molecule has 264 valence electrons. The zero-order chi connectivity index (χ0) is 35.3. The minimum atomic E-state index is -3.20. The number of fused-ring (bicyclic) bond motifs is 1. The predicted octanol–water partition coefficient (Wildman–Crippen LogP) is 4.29.